The largest absolute Gasteiger partial charge is 0.493 e. The lowest BCUT2D eigenvalue weighted by Crippen LogP contribution is -2.21. The minimum atomic E-state index is -5.08. The van der Waals surface area contributed by atoms with Crippen molar-refractivity contribution in [3.63, 3.8) is 0 Å². The molecule has 11 heteroatoms. The first kappa shape index (κ1) is 22.3. The maximum absolute atomic E-state index is 12.1. The number of carboxylic acids is 1. The second kappa shape index (κ2) is 9.78. The molecular weight excluding hydrogens is 389 g/mol. The third-order valence-corrected chi connectivity index (χ3v) is 3.97. The molecular formula is C16H17F3N2O5S. The zero-order valence-electron chi connectivity index (χ0n) is 14.3. The quantitative estimate of drug-likeness (QED) is 0.704. The van der Waals surface area contributed by atoms with Gasteiger partial charge in [-0.3, -0.25) is 4.79 Å². The number of amides is 1. The van der Waals surface area contributed by atoms with Crippen LogP contribution in [0.3, 0.4) is 0 Å². The lowest BCUT2D eigenvalue weighted by Gasteiger charge is -2.10. The summed E-state index contributed by atoms with van der Waals surface area (Å²) in [5.74, 6) is -1.74. The number of alkyl halides is 3. The maximum atomic E-state index is 12.1. The first-order chi connectivity index (χ1) is 12.6. The summed E-state index contributed by atoms with van der Waals surface area (Å²) in [7, 11) is 3.12. The van der Waals surface area contributed by atoms with Crippen molar-refractivity contribution in [1.82, 2.24) is 0 Å². The van der Waals surface area contributed by atoms with E-state index in [-0.39, 0.29) is 5.91 Å². The molecule has 0 bridgehead atoms. The number of nitrogens with two attached hydrogens (primary N) is 1. The molecule has 1 aromatic heterocycles. The van der Waals surface area contributed by atoms with Crippen LogP contribution in [-0.2, 0) is 11.3 Å². The summed E-state index contributed by atoms with van der Waals surface area (Å²) in [4.78, 5) is 21.6. The number of anilines is 1. The van der Waals surface area contributed by atoms with Gasteiger partial charge >= 0.3 is 12.1 Å². The highest BCUT2D eigenvalue weighted by molar-refractivity contribution is 7.12. The Hall–Kier alpha value is -2.79. The van der Waals surface area contributed by atoms with Crippen LogP contribution in [0.25, 0.3) is 0 Å². The third kappa shape index (κ3) is 6.79. The number of rotatable bonds is 5. The van der Waals surface area contributed by atoms with Crippen molar-refractivity contribution in [2.45, 2.75) is 12.7 Å². The van der Waals surface area contributed by atoms with Crippen molar-refractivity contribution >= 4 is 28.9 Å². The zero-order valence-corrected chi connectivity index (χ0v) is 15.1. The van der Waals surface area contributed by atoms with Crippen LogP contribution in [0.15, 0.2) is 29.6 Å². The molecule has 0 aliphatic rings. The van der Waals surface area contributed by atoms with Crippen LogP contribution in [0.2, 0.25) is 0 Å². The van der Waals surface area contributed by atoms with E-state index in [1.54, 1.807) is 38.5 Å². The van der Waals surface area contributed by atoms with Crippen molar-refractivity contribution in [2.75, 3.05) is 19.5 Å². The van der Waals surface area contributed by atoms with Gasteiger partial charge in [-0.1, -0.05) is 0 Å². The fourth-order valence-electron chi connectivity index (χ4n) is 1.71. The molecule has 0 radical (unpaired) electrons. The first-order valence-corrected chi connectivity index (χ1v) is 8.11. The minimum absolute atomic E-state index is 0.165. The molecule has 1 heterocycles. The van der Waals surface area contributed by atoms with Crippen molar-refractivity contribution < 1.29 is 37.3 Å². The number of nitrogens with one attached hydrogen (secondary N) is 1. The standard InChI is InChI=1S/C14H16N2O3S.C2HF3O2/c1-18-11-4-3-10(6-12(11)19-2)16-14(17)13-5-9(7-15)8-20-13;3-2(4,5)1(6)7/h3-6,8H,7,15H2,1-2H3,(H,16,17);(H,6,7). The Labute approximate surface area is 156 Å². The van der Waals surface area contributed by atoms with E-state index >= 15 is 0 Å². The second-order valence-electron chi connectivity index (χ2n) is 4.85. The fraction of sp³-hybridized carbons (Fsp3) is 0.250. The van der Waals surface area contributed by atoms with Crippen LogP contribution >= 0.6 is 11.3 Å². The van der Waals surface area contributed by atoms with Crippen LogP contribution < -0.4 is 20.5 Å². The average Bonchev–Trinajstić information content (AvgIpc) is 3.10. The van der Waals surface area contributed by atoms with E-state index in [2.05, 4.69) is 5.32 Å². The highest BCUT2D eigenvalue weighted by Crippen LogP contribution is 2.30. The Morgan fingerprint density at radius 3 is 2.22 bits per heavy atom. The molecule has 0 saturated carbocycles. The molecule has 0 atom stereocenters. The Kier molecular flexibility index (Phi) is 8.06. The van der Waals surface area contributed by atoms with Gasteiger partial charge in [0.2, 0.25) is 0 Å². The highest BCUT2D eigenvalue weighted by Gasteiger charge is 2.38. The van der Waals surface area contributed by atoms with Crippen molar-refractivity contribution in [3.8, 4) is 11.5 Å². The minimum Gasteiger partial charge on any atom is -0.493 e. The van der Waals surface area contributed by atoms with Gasteiger partial charge in [-0.2, -0.15) is 13.2 Å². The predicted octanol–water partition coefficient (Wildman–Crippen LogP) is 3.11. The van der Waals surface area contributed by atoms with Crippen LogP contribution in [0, 0.1) is 0 Å². The molecule has 1 amide bonds. The molecule has 2 rings (SSSR count). The molecule has 148 valence electrons. The van der Waals surface area contributed by atoms with Gasteiger partial charge in [0, 0.05) is 18.3 Å². The number of benzene rings is 1. The van der Waals surface area contributed by atoms with E-state index in [4.69, 9.17) is 25.1 Å². The summed E-state index contributed by atoms with van der Waals surface area (Å²) in [5.41, 5.74) is 7.13. The number of ether oxygens (including phenoxy) is 2. The summed E-state index contributed by atoms with van der Waals surface area (Å²) in [6.07, 6.45) is -5.08. The number of carbonyl (C=O) groups is 2. The SMILES string of the molecule is COc1ccc(NC(=O)c2cc(CN)cs2)cc1OC.O=C(O)C(F)(F)F. The molecule has 0 aliphatic carbocycles. The van der Waals surface area contributed by atoms with Crippen molar-refractivity contribution in [1.29, 1.82) is 0 Å². The van der Waals surface area contributed by atoms with Crippen molar-refractivity contribution in [3.05, 3.63) is 40.1 Å². The second-order valence-corrected chi connectivity index (χ2v) is 5.76. The fourth-order valence-corrected chi connectivity index (χ4v) is 2.53. The van der Waals surface area contributed by atoms with E-state index in [1.807, 2.05) is 5.38 Å². The van der Waals surface area contributed by atoms with Gasteiger partial charge in [0.1, 0.15) is 0 Å². The van der Waals surface area contributed by atoms with Gasteiger partial charge in [0.15, 0.2) is 11.5 Å². The molecule has 0 fully saturated rings. The summed E-state index contributed by atoms with van der Waals surface area (Å²) >= 11 is 1.37. The molecule has 0 aliphatic heterocycles. The van der Waals surface area contributed by atoms with Gasteiger partial charge in [-0.25, -0.2) is 4.79 Å². The monoisotopic (exact) mass is 406 g/mol. The number of carbonyl (C=O) groups excluding carboxylic acids is 1. The number of aliphatic carboxylic acids is 1. The summed E-state index contributed by atoms with van der Waals surface area (Å²) in [5, 5.41) is 11.8. The van der Waals surface area contributed by atoms with E-state index in [0.29, 0.717) is 28.6 Å². The molecule has 2 aromatic rings. The zero-order chi connectivity index (χ0) is 20.6. The summed E-state index contributed by atoms with van der Waals surface area (Å²) < 4.78 is 42.1. The Morgan fingerprint density at radius 2 is 1.78 bits per heavy atom. The van der Waals surface area contributed by atoms with Gasteiger partial charge in [-0.05, 0) is 29.1 Å². The molecule has 0 spiro atoms. The van der Waals surface area contributed by atoms with E-state index in [0.717, 1.165) is 5.56 Å². The molecule has 0 unspecified atom stereocenters. The number of hydrogen-bond donors (Lipinski definition) is 3. The number of halogens is 3. The number of hydrogen-bond acceptors (Lipinski definition) is 6. The van der Waals surface area contributed by atoms with E-state index < -0.39 is 12.1 Å². The smallest absolute Gasteiger partial charge is 0.490 e. The maximum Gasteiger partial charge on any atom is 0.490 e. The van der Waals surface area contributed by atoms with E-state index in [9.17, 15) is 18.0 Å². The lowest BCUT2D eigenvalue weighted by molar-refractivity contribution is -0.192. The summed E-state index contributed by atoms with van der Waals surface area (Å²) in [6.45, 7) is 0.431. The first-order valence-electron chi connectivity index (χ1n) is 7.23. The van der Waals surface area contributed by atoms with Gasteiger partial charge in [-0.15, -0.1) is 11.3 Å². The Balaban J connectivity index is 0.000000445. The molecule has 4 N–H and O–H groups in total. The normalized spacial score (nSPS) is 10.4. The van der Waals surface area contributed by atoms with Gasteiger partial charge < -0.3 is 25.6 Å². The number of methoxy groups -OCH3 is 2. The van der Waals surface area contributed by atoms with Crippen LogP contribution in [0.5, 0.6) is 11.5 Å². The Bertz CT molecular complexity index is 793. The highest BCUT2D eigenvalue weighted by atomic mass is 32.1. The topological polar surface area (TPSA) is 111 Å². The van der Waals surface area contributed by atoms with E-state index in [1.165, 1.54) is 11.3 Å². The van der Waals surface area contributed by atoms with Crippen LogP contribution in [0.1, 0.15) is 15.2 Å². The van der Waals surface area contributed by atoms with Gasteiger partial charge in [0.05, 0.1) is 19.1 Å². The lowest BCUT2D eigenvalue weighted by atomic mass is 10.2. The van der Waals surface area contributed by atoms with Crippen LogP contribution in [-0.4, -0.2) is 37.4 Å². The summed E-state index contributed by atoms with van der Waals surface area (Å²) in [6, 6.07) is 7.01. The molecule has 7 nitrogen and oxygen atoms in total. The molecule has 27 heavy (non-hydrogen) atoms. The van der Waals surface area contributed by atoms with Crippen molar-refractivity contribution in [2.24, 2.45) is 5.73 Å². The average molecular weight is 406 g/mol. The number of thiophene rings is 1. The molecule has 0 saturated heterocycles. The molecule has 1 aromatic carbocycles. The number of carboxylic acid groups (broad SMARTS) is 1. The van der Waals surface area contributed by atoms with Crippen LogP contribution in [0.4, 0.5) is 18.9 Å². The predicted molar refractivity (Wildman–Crippen MR) is 93.4 cm³/mol. The third-order valence-electron chi connectivity index (χ3n) is 3.00. The Morgan fingerprint density at radius 1 is 1.19 bits per heavy atom. The van der Waals surface area contributed by atoms with Gasteiger partial charge in [0.25, 0.3) is 5.91 Å².